The van der Waals surface area contributed by atoms with Crippen molar-refractivity contribution in [2.24, 2.45) is 0 Å². The number of carboxylic acids is 1. The highest BCUT2D eigenvalue weighted by Gasteiger charge is 2.11. The van der Waals surface area contributed by atoms with Gasteiger partial charge < -0.3 is 9.84 Å². The monoisotopic (exact) mass is 268 g/mol. The van der Waals surface area contributed by atoms with Gasteiger partial charge in [-0.25, -0.2) is 9.78 Å². The summed E-state index contributed by atoms with van der Waals surface area (Å²) in [5.74, 6) is -0.257. The van der Waals surface area contributed by atoms with Gasteiger partial charge in [0.25, 0.3) is 0 Å². The summed E-state index contributed by atoms with van der Waals surface area (Å²) in [6.45, 7) is 0. The molecule has 3 rings (SSSR count). The topological polar surface area (TPSA) is 64.4 Å². The Kier molecular flexibility index (Phi) is 2.87. The normalized spacial score (nSPS) is 10.7. The minimum atomic E-state index is -0.959. The number of nitrogens with zero attached hydrogens (tertiary/aromatic N) is 2. The summed E-state index contributed by atoms with van der Waals surface area (Å²) in [5, 5.41) is 9.09. The Morgan fingerprint density at radius 2 is 2.05 bits per heavy atom. The summed E-state index contributed by atoms with van der Waals surface area (Å²) in [5.41, 5.74) is 2.52. The summed E-state index contributed by atoms with van der Waals surface area (Å²) < 4.78 is 7.15. The van der Waals surface area contributed by atoms with Gasteiger partial charge in [-0.1, -0.05) is 12.1 Å². The van der Waals surface area contributed by atoms with Crippen LogP contribution in [0.2, 0.25) is 0 Å². The van der Waals surface area contributed by atoms with E-state index in [1.165, 1.54) is 0 Å². The molecule has 0 atom stereocenters. The van der Waals surface area contributed by atoms with Gasteiger partial charge in [0.15, 0.2) is 0 Å². The number of fused-ring (bicyclic) bond motifs is 1. The molecule has 0 unspecified atom stereocenters. The van der Waals surface area contributed by atoms with E-state index in [1.807, 2.05) is 28.8 Å². The fraction of sp³-hybridized carbons (Fsp3) is 0.0667. The van der Waals surface area contributed by atoms with Crippen LogP contribution in [-0.4, -0.2) is 27.7 Å². The fourth-order valence-electron chi connectivity index (χ4n) is 2.16. The number of para-hydroxylation sites is 2. The molecule has 0 saturated carbocycles. The molecule has 0 radical (unpaired) electrons. The number of carbonyl (C=O) groups is 1. The number of ether oxygens (including phenoxy) is 1. The van der Waals surface area contributed by atoms with E-state index in [9.17, 15) is 4.79 Å². The molecule has 0 aliphatic heterocycles. The van der Waals surface area contributed by atoms with Crippen molar-refractivity contribution in [3.05, 3.63) is 54.4 Å². The van der Waals surface area contributed by atoms with Crippen LogP contribution >= 0.6 is 0 Å². The van der Waals surface area contributed by atoms with Crippen molar-refractivity contribution in [1.82, 2.24) is 9.55 Å². The van der Waals surface area contributed by atoms with Crippen LogP contribution in [0, 0.1) is 0 Å². The molecule has 0 amide bonds. The van der Waals surface area contributed by atoms with Gasteiger partial charge in [0.05, 0.1) is 29.4 Å². The van der Waals surface area contributed by atoms with Gasteiger partial charge in [0, 0.05) is 0 Å². The third kappa shape index (κ3) is 1.89. The van der Waals surface area contributed by atoms with Crippen molar-refractivity contribution in [3.8, 4) is 11.4 Å². The lowest BCUT2D eigenvalue weighted by molar-refractivity contribution is 0.0697. The van der Waals surface area contributed by atoms with E-state index in [4.69, 9.17) is 9.84 Å². The molecule has 1 heterocycles. The predicted molar refractivity (Wildman–Crippen MR) is 74.6 cm³/mol. The Morgan fingerprint density at radius 3 is 2.80 bits per heavy atom. The van der Waals surface area contributed by atoms with E-state index in [-0.39, 0.29) is 5.56 Å². The highest BCUT2D eigenvalue weighted by atomic mass is 16.5. The maximum atomic E-state index is 11.1. The molecule has 100 valence electrons. The highest BCUT2D eigenvalue weighted by Crippen LogP contribution is 2.26. The van der Waals surface area contributed by atoms with Crippen molar-refractivity contribution < 1.29 is 14.6 Å². The van der Waals surface area contributed by atoms with E-state index in [2.05, 4.69) is 4.98 Å². The van der Waals surface area contributed by atoms with Crippen molar-refractivity contribution in [2.45, 2.75) is 0 Å². The molecule has 5 heteroatoms. The first-order valence-corrected chi connectivity index (χ1v) is 6.04. The van der Waals surface area contributed by atoms with Crippen LogP contribution < -0.4 is 4.74 Å². The fourth-order valence-corrected chi connectivity index (χ4v) is 2.16. The lowest BCUT2D eigenvalue weighted by Gasteiger charge is -2.09. The molecule has 1 N–H and O–H groups in total. The first-order chi connectivity index (χ1) is 9.70. The van der Waals surface area contributed by atoms with Gasteiger partial charge in [0.1, 0.15) is 12.1 Å². The average molecular weight is 268 g/mol. The molecule has 0 aliphatic rings. The number of aromatic nitrogens is 2. The molecule has 0 aliphatic carbocycles. The zero-order valence-electron chi connectivity index (χ0n) is 10.8. The number of methoxy groups -OCH3 is 1. The molecule has 1 aromatic heterocycles. The molecular formula is C15H12N2O3. The zero-order chi connectivity index (χ0) is 14.1. The average Bonchev–Trinajstić information content (AvgIpc) is 2.89. The number of rotatable bonds is 3. The van der Waals surface area contributed by atoms with Crippen molar-refractivity contribution in [2.75, 3.05) is 7.11 Å². The molecule has 0 saturated heterocycles. The Morgan fingerprint density at radius 1 is 1.25 bits per heavy atom. The second-order valence-corrected chi connectivity index (χ2v) is 4.30. The van der Waals surface area contributed by atoms with E-state index in [0.717, 1.165) is 16.7 Å². The molecule has 2 aromatic carbocycles. The second kappa shape index (κ2) is 4.70. The number of carboxylic acid groups (broad SMARTS) is 1. The highest BCUT2D eigenvalue weighted by molar-refractivity contribution is 5.92. The van der Waals surface area contributed by atoms with Gasteiger partial charge in [-0.15, -0.1) is 0 Å². The van der Waals surface area contributed by atoms with E-state index >= 15 is 0 Å². The van der Waals surface area contributed by atoms with Gasteiger partial charge in [-0.2, -0.15) is 0 Å². The van der Waals surface area contributed by atoms with E-state index < -0.39 is 5.97 Å². The molecule has 5 nitrogen and oxygen atoms in total. The maximum Gasteiger partial charge on any atom is 0.335 e. The number of hydrogen-bond acceptors (Lipinski definition) is 3. The summed E-state index contributed by atoms with van der Waals surface area (Å²) in [6, 6.07) is 12.4. The standard InChI is InChI=1S/C15H12N2O3/c1-20-14-5-3-2-4-12(14)17-9-16-11-7-6-10(15(18)19)8-13(11)17/h2-9H,1H3,(H,18,19). The van der Waals surface area contributed by atoms with Crippen LogP contribution in [0.4, 0.5) is 0 Å². The van der Waals surface area contributed by atoms with E-state index in [0.29, 0.717) is 5.75 Å². The smallest absolute Gasteiger partial charge is 0.335 e. The van der Waals surface area contributed by atoms with Crippen LogP contribution in [0.5, 0.6) is 5.75 Å². The summed E-state index contributed by atoms with van der Waals surface area (Å²) in [4.78, 5) is 15.4. The lowest BCUT2D eigenvalue weighted by atomic mass is 10.2. The Balaban J connectivity index is 2.26. The van der Waals surface area contributed by atoms with Crippen LogP contribution in [-0.2, 0) is 0 Å². The maximum absolute atomic E-state index is 11.1. The molecule has 0 bridgehead atoms. The van der Waals surface area contributed by atoms with E-state index in [1.54, 1.807) is 31.6 Å². The predicted octanol–water partition coefficient (Wildman–Crippen LogP) is 2.73. The van der Waals surface area contributed by atoms with Crippen molar-refractivity contribution >= 4 is 17.0 Å². The first kappa shape index (κ1) is 12.2. The Labute approximate surface area is 115 Å². The quantitative estimate of drug-likeness (QED) is 0.793. The summed E-state index contributed by atoms with van der Waals surface area (Å²) in [6.07, 6.45) is 1.66. The van der Waals surface area contributed by atoms with Gasteiger partial charge >= 0.3 is 5.97 Å². The van der Waals surface area contributed by atoms with Crippen LogP contribution in [0.3, 0.4) is 0 Å². The number of aromatic carboxylic acids is 1. The summed E-state index contributed by atoms with van der Waals surface area (Å²) in [7, 11) is 1.60. The zero-order valence-corrected chi connectivity index (χ0v) is 10.8. The molecule has 3 aromatic rings. The molecule has 0 fully saturated rings. The lowest BCUT2D eigenvalue weighted by Crippen LogP contribution is -1.99. The van der Waals surface area contributed by atoms with Crippen LogP contribution in [0.15, 0.2) is 48.8 Å². The first-order valence-electron chi connectivity index (χ1n) is 6.04. The second-order valence-electron chi connectivity index (χ2n) is 4.30. The van der Waals surface area contributed by atoms with Crippen molar-refractivity contribution in [1.29, 1.82) is 0 Å². The number of hydrogen-bond donors (Lipinski definition) is 1. The Bertz CT molecular complexity index is 793. The molecule has 20 heavy (non-hydrogen) atoms. The number of benzene rings is 2. The molecule has 0 spiro atoms. The number of imidazole rings is 1. The SMILES string of the molecule is COc1ccccc1-n1cnc2ccc(C(=O)O)cc21. The molecular weight excluding hydrogens is 256 g/mol. The minimum absolute atomic E-state index is 0.231. The summed E-state index contributed by atoms with van der Waals surface area (Å²) >= 11 is 0. The van der Waals surface area contributed by atoms with Gasteiger partial charge in [-0.05, 0) is 30.3 Å². The Hall–Kier alpha value is -2.82. The largest absolute Gasteiger partial charge is 0.495 e. The van der Waals surface area contributed by atoms with Crippen LogP contribution in [0.1, 0.15) is 10.4 Å². The van der Waals surface area contributed by atoms with Gasteiger partial charge in [0.2, 0.25) is 0 Å². The minimum Gasteiger partial charge on any atom is -0.495 e. The van der Waals surface area contributed by atoms with Gasteiger partial charge in [-0.3, -0.25) is 4.57 Å². The third-order valence-corrected chi connectivity index (χ3v) is 3.14. The third-order valence-electron chi connectivity index (χ3n) is 3.14. The van der Waals surface area contributed by atoms with Crippen LogP contribution in [0.25, 0.3) is 16.7 Å². The van der Waals surface area contributed by atoms with Crippen molar-refractivity contribution in [3.63, 3.8) is 0 Å².